The Hall–Kier alpha value is -3.67. The Kier molecular flexibility index (Phi) is 10.2. The lowest BCUT2D eigenvalue weighted by Crippen LogP contribution is -2.49. The number of piperazine rings is 1. The van der Waals surface area contributed by atoms with E-state index in [1.807, 2.05) is 48.5 Å². The molecule has 1 fully saturated rings. The molecular formula is C26H31N3O7S. The second kappa shape index (κ2) is 13.6. The van der Waals surface area contributed by atoms with E-state index in [9.17, 15) is 9.90 Å². The number of anilines is 1. The molecule has 1 atom stereocenters. The highest BCUT2D eigenvalue weighted by atomic mass is 32.1. The Morgan fingerprint density at radius 3 is 2.30 bits per heavy atom. The van der Waals surface area contributed by atoms with Gasteiger partial charge in [0.15, 0.2) is 0 Å². The van der Waals surface area contributed by atoms with E-state index in [0.29, 0.717) is 24.4 Å². The van der Waals surface area contributed by atoms with E-state index < -0.39 is 18.0 Å². The number of benzene rings is 2. The molecule has 11 heteroatoms. The number of thiophene rings is 1. The molecule has 3 aromatic rings. The van der Waals surface area contributed by atoms with Crippen LogP contribution in [-0.4, -0.2) is 90.5 Å². The molecule has 37 heavy (non-hydrogen) atoms. The number of fused-ring (bicyclic) bond motifs is 1. The third kappa shape index (κ3) is 8.17. The van der Waals surface area contributed by atoms with Crippen molar-refractivity contribution in [2.45, 2.75) is 12.5 Å². The average molecular weight is 530 g/mol. The molecule has 2 aromatic carbocycles. The fourth-order valence-corrected chi connectivity index (χ4v) is 4.96. The predicted octanol–water partition coefficient (Wildman–Crippen LogP) is 2.37. The highest BCUT2D eigenvalue weighted by Crippen LogP contribution is 2.28. The van der Waals surface area contributed by atoms with Gasteiger partial charge in [-0.2, -0.15) is 0 Å². The Balaban J connectivity index is 0.000000568. The van der Waals surface area contributed by atoms with E-state index in [2.05, 4.69) is 21.2 Å². The monoisotopic (exact) mass is 529 g/mol. The molecule has 2 heterocycles. The fourth-order valence-electron chi connectivity index (χ4n) is 3.98. The van der Waals surface area contributed by atoms with Gasteiger partial charge in [0.2, 0.25) is 0 Å². The standard InChI is InChI=1S/C24H29N3O3S.C2H2O4/c1-30-21-8-4-3-7-20(21)27-14-12-26(13-15-27)17-19(28)10-11-25-24(29)23-16-18-6-2-5-9-22(18)31-23;3-1(4)2(5)6/h2-9,16,19,28H,10-15,17H2,1H3,(H,25,29);(H,3,4)(H,5,6). The molecule has 0 spiro atoms. The summed E-state index contributed by atoms with van der Waals surface area (Å²) in [4.78, 5) is 35.9. The van der Waals surface area contributed by atoms with Crippen molar-refractivity contribution in [3.63, 3.8) is 0 Å². The Bertz CT molecular complexity index is 1160. The first-order chi connectivity index (χ1) is 17.8. The first-order valence-corrected chi connectivity index (χ1v) is 12.6. The van der Waals surface area contributed by atoms with Crippen LogP contribution in [-0.2, 0) is 9.59 Å². The van der Waals surface area contributed by atoms with Crippen molar-refractivity contribution in [3.05, 3.63) is 59.5 Å². The molecule has 4 rings (SSSR count). The fraction of sp³-hybridized carbons (Fsp3) is 0.346. The van der Waals surface area contributed by atoms with E-state index in [1.165, 1.54) is 11.3 Å². The third-order valence-electron chi connectivity index (χ3n) is 5.86. The largest absolute Gasteiger partial charge is 0.495 e. The van der Waals surface area contributed by atoms with Gasteiger partial charge < -0.3 is 30.3 Å². The molecule has 1 unspecified atom stereocenters. The molecule has 1 saturated heterocycles. The first kappa shape index (κ1) is 27.9. The number of ether oxygens (including phenoxy) is 1. The van der Waals surface area contributed by atoms with Gasteiger partial charge in [-0.25, -0.2) is 9.59 Å². The Morgan fingerprint density at radius 2 is 1.65 bits per heavy atom. The zero-order valence-electron chi connectivity index (χ0n) is 20.5. The second-order valence-electron chi connectivity index (χ2n) is 8.42. The molecule has 1 amide bonds. The molecule has 0 aliphatic carbocycles. The number of nitrogens with zero attached hydrogens (tertiary/aromatic N) is 2. The van der Waals surface area contributed by atoms with E-state index in [-0.39, 0.29) is 5.91 Å². The predicted molar refractivity (Wildman–Crippen MR) is 142 cm³/mol. The van der Waals surface area contributed by atoms with Crippen LogP contribution in [0.4, 0.5) is 5.69 Å². The quantitative estimate of drug-likeness (QED) is 0.324. The summed E-state index contributed by atoms with van der Waals surface area (Å²) >= 11 is 1.50. The number of carboxylic acid groups (broad SMARTS) is 2. The summed E-state index contributed by atoms with van der Waals surface area (Å²) in [7, 11) is 1.70. The van der Waals surface area contributed by atoms with Gasteiger partial charge in [0.05, 0.1) is 23.8 Å². The number of carboxylic acids is 2. The van der Waals surface area contributed by atoms with Crippen molar-refractivity contribution in [1.29, 1.82) is 0 Å². The van der Waals surface area contributed by atoms with Gasteiger partial charge in [-0.15, -0.1) is 11.3 Å². The minimum absolute atomic E-state index is 0.0705. The van der Waals surface area contributed by atoms with Crippen LogP contribution in [0.5, 0.6) is 5.75 Å². The smallest absolute Gasteiger partial charge is 0.414 e. The van der Waals surface area contributed by atoms with Gasteiger partial charge in [0, 0.05) is 44.0 Å². The van der Waals surface area contributed by atoms with Crippen molar-refractivity contribution in [2.24, 2.45) is 0 Å². The number of rotatable bonds is 8. The molecule has 10 nitrogen and oxygen atoms in total. The van der Waals surface area contributed by atoms with Crippen LogP contribution < -0.4 is 15.0 Å². The van der Waals surface area contributed by atoms with Crippen LogP contribution in [0.2, 0.25) is 0 Å². The molecule has 1 aliphatic rings. The number of carbonyl (C=O) groups is 3. The number of hydrogen-bond donors (Lipinski definition) is 4. The number of methoxy groups -OCH3 is 1. The molecule has 0 radical (unpaired) electrons. The number of aliphatic carboxylic acids is 2. The van der Waals surface area contributed by atoms with Crippen molar-refractivity contribution in [3.8, 4) is 5.75 Å². The number of hydrogen-bond acceptors (Lipinski definition) is 8. The van der Waals surface area contributed by atoms with Gasteiger partial charge in [-0.05, 0) is 36.1 Å². The molecule has 4 N–H and O–H groups in total. The van der Waals surface area contributed by atoms with E-state index in [1.54, 1.807) is 7.11 Å². The number of aliphatic hydroxyl groups is 1. The summed E-state index contributed by atoms with van der Waals surface area (Å²) in [6.07, 6.45) is 0.0871. The van der Waals surface area contributed by atoms with E-state index in [4.69, 9.17) is 24.5 Å². The molecule has 0 saturated carbocycles. The van der Waals surface area contributed by atoms with Crippen LogP contribution in [0.1, 0.15) is 16.1 Å². The van der Waals surface area contributed by atoms with Gasteiger partial charge in [0.1, 0.15) is 5.75 Å². The molecule has 1 aliphatic heterocycles. The van der Waals surface area contributed by atoms with Crippen molar-refractivity contribution < 1.29 is 34.4 Å². The van der Waals surface area contributed by atoms with Crippen molar-refractivity contribution in [1.82, 2.24) is 10.2 Å². The SMILES string of the molecule is COc1ccccc1N1CCN(CC(O)CCNC(=O)c2cc3ccccc3s2)CC1.O=C(O)C(=O)O. The normalized spacial score (nSPS) is 14.4. The van der Waals surface area contributed by atoms with Gasteiger partial charge in [-0.1, -0.05) is 30.3 Å². The lowest BCUT2D eigenvalue weighted by molar-refractivity contribution is -0.159. The second-order valence-corrected chi connectivity index (χ2v) is 9.50. The highest BCUT2D eigenvalue weighted by Gasteiger charge is 2.21. The lowest BCUT2D eigenvalue weighted by atomic mass is 10.2. The Labute approximate surface area is 218 Å². The zero-order valence-corrected chi connectivity index (χ0v) is 21.3. The molecular weight excluding hydrogens is 498 g/mol. The topological polar surface area (TPSA) is 140 Å². The van der Waals surface area contributed by atoms with E-state index in [0.717, 1.165) is 47.7 Å². The Morgan fingerprint density at radius 1 is 1.00 bits per heavy atom. The molecule has 198 valence electrons. The van der Waals surface area contributed by atoms with Gasteiger partial charge >= 0.3 is 11.9 Å². The van der Waals surface area contributed by atoms with Crippen LogP contribution >= 0.6 is 11.3 Å². The number of β-amino-alcohol motifs (C(OH)–C–C–N with tert-alkyl or cyclic N) is 1. The zero-order chi connectivity index (χ0) is 26.8. The number of aliphatic hydroxyl groups excluding tert-OH is 1. The first-order valence-electron chi connectivity index (χ1n) is 11.8. The maximum Gasteiger partial charge on any atom is 0.414 e. The molecule has 1 aromatic heterocycles. The van der Waals surface area contributed by atoms with Gasteiger partial charge in [0.25, 0.3) is 5.91 Å². The van der Waals surface area contributed by atoms with Crippen molar-refractivity contribution >= 4 is 45.0 Å². The molecule has 0 bridgehead atoms. The summed E-state index contributed by atoms with van der Waals surface area (Å²) < 4.78 is 6.58. The number of carbonyl (C=O) groups excluding carboxylic acids is 1. The summed E-state index contributed by atoms with van der Waals surface area (Å²) in [6.45, 7) is 4.67. The average Bonchev–Trinajstić information content (AvgIpc) is 3.34. The number of nitrogens with one attached hydrogen (secondary N) is 1. The minimum atomic E-state index is -1.82. The van der Waals surface area contributed by atoms with Crippen LogP contribution in [0, 0.1) is 0 Å². The summed E-state index contributed by atoms with van der Waals surface area (Å²) in [5.74, 6) is -2.82. The minimum Gasteiger partial charge on any atom is -0.495 e. The maximum absolute atomic E-state index is 12.4. The van der Waals surface area contributed by atoms with Crippen LogP contribution in [0.25, 0.3) is 10.1 Å². The summed E-state index contributed by atoms with van der Waals surface area (Å²) in [6, 6.07) is 18.0. The third-order valence-corrected chi connectivity index (χ3v) is 6.98. The van der Waals surface area contributed by atoms with Crippen LogP contribution in [0.3, 0.4) is 0 Å². The highest BCUT2D eigenvalue weighted by molar-refractivity contribution is 7.20. The maximum atomic E-state index is 12.4. The lowest BCUT2D eigenvalue weighted by Gasteiger charge is -2.37. The van der Waals surface area contributed by atoms with Gasteiger partial charge in [-0.3, -0.25) is 9.69 Å². The number of amides is 1. The van der Waals surface area contributed by atoms with E-state index >= 15 is 0 Å². The van der Waals surface area contributed by atoms with Crippen LogP contribution in [0.15, 0.2) is 54.6 Å². The van der Waals surface area contributed by atoms with Crippen molar-refractivity contribution in [2.75, 3.05) is 51.3 Å². The number of para-hydroxylation sites is 2. The summed E-state index contributed by atoms with van der Waals surface area (Å²) in [5.41, 5.74) is 1.12. The summed E-state index contributed by atoms with van der Waals surface area (Å²) in [5, 5.41) is 29.3.